The SMILES string of the molecule is Cc1ccc(Cn2nc(C)c(NS(=O)(=O)c3cccs3)c2C)cc1. The van der Waals surface area contributed by atoms with Gasteiger partial charge in [-0.05, 0) is 37.8 Å². The van der Waals surface area contributed by atoms with E-state index in [0.29, 0.717) is 22.1 Å². The lowest BCUT2D eigenvalue weighted by atomic mass is 10.1. The number of anilines is 1. The maximum atomic E-state index is 12.4. The van der Waals surface area contributed by atoms with Gasteiger partial charge in [-0.15, -0.1) is 11.3 Å². The fourth-order valence-corrected chi connectivity index (χ4v) is 4.64. The Bertz CT molecular complexity index is 941. The van der Waals surface area contributed by atoms with E-state index in [9.17, 15) is 8.42 Å². The van der Waals surface area contributed by atoms with E-state index in [2.05, 4.69) is 34.1 Å². The molecule has 3 aromatic rings. The van der Waals surface area contributed by atoms with Gasteiger partial charge in [0, 0.05) is 0 Å². The molecule has 0 spiro atoms. The molecule has 126 valence electrons. The van der Waals surface area contributed by atoms with Gasteiger partial charge in [-0.2, -0.15) is 5.10 Å². The molecule has 0 aliphatic heterocycles. The van der Waals surface area contributed by atoms with E-state index < -0.39 is 10.0 Å². The van der Waals surface area contributed by atoms with Crippen LogP contribution in [-0.4, -0.2) is 18.2 Å². The van der Waals surface area contributed by atoms with E-state index in [0.717, 1.165) is 11.3 Å². The third kappa shape index (κ3) is 3.37. The van der Waals surface area contributed by atoms with Gasteiger partial charge in [0.15, 0.2) is 0 Å². The van der Waals surface area contributed by atoms with Crippen LogP contribution in [0.25, 0.3) is 0 Å². The van der Waals surface area contributed by atoms with Crippen molar-refractivity contribution < 1.29 is 8.42 Å². The van der Waals surface area contributed by atoms with Crippen molar-refractivity contribution in [3.63, 3.8) is 0 Å². The summed E-state index contributed by atoms with van der Waals surface area (Å²) in [6.07, 6.45) is 0. The van der Waals surface area contributed by atoms with Gasteiger partial charge in [-0.3, -0.25) is 9.40 Å². The Morgan fingerprint density at radius 2 is 1.83 bits per heavy atom. The van der Waals surface area contributed by atoms with E-state index in [1.54, 1.807) is 17.5 Å². The molecule has 7 heteroatoms. The number of nitrogens with one attached hydrogen (secondary N) is 1. The van der Waals surface area contributed by atoms with Crippen LogP contribution in [0.5, 0.6) is 0 Å². The van der Waals surface area contributed by atoms with Crippen LogP contribution in [0, 0.1) is 20.8 Å². The van der Waals surface area contributed by atoms with Crippen molar-refractivity contribution in [3.8, 4) is 0 Å². The molecule has 0 saturated carbocycles. The monoisotopic (exact) mass is 361 g/mol. The van der Waals surface area contributed by atoms with E-state index in [1.165, 1.54) is 16.9 Å². The largest absolute Gasteiger partial charge is 0.275 e. The van der Waals surface area contributed by atoms with E-state index >= 15 is 0 Å². The maximum Gasteiger partial charge on any atom is 0.271 e. The number of aromatic nitrogens is 2. The lowest BCUT2D eigenvalue weighted by molar-refractivity contribution is 0.603. The molecule has 2 aromatic heterocycles. The summed E-state index contributed by atoms with van der Waals surface area (Å²) in [4.78, 5) is 0. The summed E-state index contributed by atoms with van der Waals surface area (Å²) in [5.41, 5.74) is 4.35. The Morgan fingerprint density at radius 1 is 1.12 bits per heavy atom. The van der Waals surface area contributed by atoms with Crippen molar-refractivity contribution in [1.29, 1.82) is 0 Å². The molecule has 0 fully saturated rings. The highest BCUT2D eigenvalue weighted by Crippen LogP contribution is 2.25. The number of hydrogen-bond acceptors (Lipinski definition) is 4. The van der Waals surface area contributed by atoms with Gasteiger partial charge in [-0.25, -0.2) is 8.42 Å². The summed E-state index contributed by atoms with van der Waals surface area (Å²) in [6, 6.07) is 11.5. The Morgan fingerprint density at radius 3 is 2.46 bits per heavy atom. The number of sulfonamides is 1. The highest BCUT2D eigenvalue weighted by molar-refractivity contribution is 7.94. The highest BCUT2D eigenvalue weighted by atomic mass is 32.2. The first-order valence-corrected chi connectivity index (χ1v) is 9.89. The lowest BCUT2D eigenvalue weighted by Gasteiger charge is -2.08. The van der Waals surface area contributed by atoms with Gasteiger partial charge in [0.1, 0.15) is 4.21 Å². The Balaban J connectivity index is 1.88. The maximum absolute atomic E-state index is 12.4. The van der Waals surface area contributed by atoms with Crippen LogP contribution in [0.1, 0.15) is 22.5 Å². The van der Waals surface area contributed by atoms with Gasteiger partial charge < -0.3 is 0 Å². The number of nitrogens with zero attached hydrogens (tertiary/aromatic N) is 2. The van der Waals surface area contributed by atoms with Gasteiger partial charge in [0.25, 0.3) is 10.0 Å². The first-order chi connectivity index (χ1) is 11.4. The molecular formula is C17H19N3O2S2. The Labute approximate surface area is 146 Å². The van der Waals surface area contributed by atoms with Crippen LogP contribution in [0.4, 0.5) is 5.69 Å². The molecule has 0 atom stereocenters. The van der Waals surface area contributed by atoms with E-state index in [1.807, 2.05) is 25.5 Å². The van der Waals surface area contributed by atoms with Crippen molar-refractivity contribution in [2.24, 2.45) is 0 Å². The predicted molar refractivity (Wildman–Crippen MR) is 97.1 cm³/mol. The van der Waals surface area contributed by atoms with Crippen LogP contribution in [0.3, 0.4) is 0 Å². The molecular weight excluding hydrogens is 342 g/mol. The van der Waals surface area contributed by atoms with Gasteiger partial charge in [0.2, 0.25) is 0 Å². The van der Waals surface area contributed by atoms with E-state index in [4.69, 9.17) is 0 Å². The third-order valence-corrected chi connectivity index (χ3v) is 6.58. The number of hydrogen-bond donors (Lipinski definition) is 1. The first kappa shape index (κ1) is 16.7. The minimum absolute atomic E-state index is 0.299. The molecule has 1 aromatic carbocycles. The average molecular weight is 361 g/mol. The second-order valence-electron chi connectivity index (χ2n) is 5.73. The molecule has 0 radical (unpaired) electrons. The molecule has 0 amide bonds. The Hall–Kier alpha value is -2.12. The van der Waals surface area contributed by atoms with Crippen molar-refractivity contribution in [1.82, 2.24) is 9.78 Å². The Kier molecular flexibility index (Phi) is 4.47. The fourth-order valence-electron chi connectivity index (χ4n) is 2.47. The molecule has 0 bridgehead atoms. The van der Waals surface area contributed by atoms with Crippen molar-refractivity contribution in [2.75, 3.05) is 4.72 Å². The van der Waals surface area contributed by atoms with E-state index in [-0.39, 0.29) is 0 Å². The normalized spacial score (nSPS) is 11.6. The summed E-state index contributed by atoms with van der Waals surface area (Å²) in [5, 5.41) is 6.23. The fraction of sp³-hybridized carbons (Fsp3) is 0.235. The molecule has 0 unspecified atom stereocenters. The number of thiophene rings is 1. The quantitative estimate of drug-likeness (QED) is 0.753. The second kappa shape index (κ2) is 6.41. The number of benzene rings is 1. The lowest BCUT2D eigenvalue weighted by Crippen LogP contribution is -2.13. The molecule has 3 rings (SSSR count). The van der Waals surface area contributed by atoms with Gasteiger partial charge in [0.05, 0.1) is 23.6 Å². The molecule has 0 saturated heterocycles. The summed E-state index contributed by atoms with van der Waals surface area (Å²) in [5.74, 6) is 0. The third-order valence-electron chi connectivity index (χ3n) is 3.83. The minimum atomic E-state index is -3.56. The topological polar surface area (TPSA) is 64.0 Å². The van der Waals surface area contributed by atoms with Gasteiger partial charge in [-0.1, -0.05) is 35.9 Å². The zero-order chi connectivity index (χ0) is 17.3. The molecule has 5 nitrogen and oxygen atoms in total. The number of aryl methyl sites for hydroxylation is 2. The zero-order valence-corrected chi connectivity index (χ0v) is 15.4. The van der Waals surface area contributed by atoms with Gasteiger partial charge >= 0.3 is 0 Å². The summed E-state index contributed by atoms with van der Waals surface area (Å²) in [7, 11) is -3.56. The molecule has 0 aliphatic carbocycles. The predicted octanol–water partition coefficient (Wildman–Crippen LogP) is 3.72. The molecule has 0 aliphatic rings. The summed E-state index contributed by atoms with van der Waals surface area (Å²) in [6.45, 7) is 6.34. The number of rotatable bonds is 5. The summed E-state index contributed by atoms with van der Waals surface area (Å²) < 4.78 is 29.7. The van der Waals surface area contributed by atoms with Crippen LogP contribution in [0.15, 0.2) is 46.0 Å². The minimum Gasteiger partial charge on any atom is -0.275 e. The molecule has 1 N–H and O–H groups in total. The zero-order valence-electron chi connectivity index (χ0n) is 13.8. The van der Waals surface area contributed by atoms with Crippen molar-refractivity contribution >= 4 is 27.0 Å². The highest BCUT2D eigenvalue weighted by Gasteiger charge is 2.20. The second-order valence-corrected chi connectivity index (χ2v) is 8.58. The standard InChI is InChI=1S/C17H19N3O2S2/c1-12-6-8-15(9-7-12)11-20-14(3)17(13(2)18-20)19-24(21,22)16-5-4-10-23-16/h4-10,19H,11H2,1-3H3. The molecule has 24 heavy (non-hydrogen) atoms. The van der Waals surface area contributed by atoms with Crippen molar-refractivity contribution in [2.45, 2.75) is 31.5 Å². The van der Waals surface area contributed by atoms with Crippen LogP contribution >= 0.6 is 11.3 Å². The van der Waals surface area contributed by atoms with Crippen molar-refractivity contribution in [3.05, 3.63) is 64.3 Å². The molecule has 2 heterocycles. The average Bonchev–Trinajstić information content (AvgIpc) is 3.15. The van der Waals surface area contributed by atoms with Crippen LogP contribution in [-0.2, 0) is 16.6 Å². The summed E-state index contributed by atoms with van der Waals surface area (Å²) >= 11 is 1.19. The van der Waals surface area contributed by atoms with Crippen LogP contribution < -0.4 is 4.72 Å². The smallest absolute Gasteiger partial charge is 0.271 e. The van der Waals surface area contributed by atoms with Crippen LogP contribution in [0.2, 0.25) is 0 Å². The first-order valence-electron chi connectivity index (χ1n) is 7.53.